The highest BCUT2D eigenvalue weighted by Crippen LogP contribution is 2.26. The summed E-state index contributed by atoms with van der Waals surface area (Å²) >= 11 is 5.93. The van der Waals surface area contributed by atoms with Gasteiger partial charge in [0.15, 0.2) is 0 Å². The van der Waals surface area contributed by atoms with Crippen molar-refractivity contribution in [3.8, 4) is 0 Å². The molecule has 1 fully saturated rings. The van der Waals surface area contributed by atoms with Gasteiger partial charge in [-0.05, 0) is 68.1 Å². The van der Waals surface area contributed by atoms with Crippen molar-refractivity contribution in [2.45, 2.75) is 43.7 Å². The molecule has 2 amide bonds. The van der Waals surface area contributed by atoms with Gasteiger partial charge in [-0.25, -0.2) is 8.42 Å². The topological polar surface area (TPSA) is 95.6 Å². The van der Waals surface area contributed by atoms with Gasteiger partial charge >= 0.3 is 0 Å². The van der Waals surface area contributed by atoms with E-state index in [2.05, 4.69) is 17.2 Å². The fourth-order valence-corrected chi connectivity index (χ4v) is 5.31. The molecule has 2 aromatic rings. The first kappa shape index (κ1) is 25.0. The first-order valence-corrected chi connectivity index (χ1v) is 12.6. The predicted octanol–water partition coefficient (Wildman–Crippen LogP) is 3.51. The Kier molecular flexibility index (Phi) is 8.29. The molecule has 1 aliphatic heterocycles. The molecule has 0 spiro atoms. The summed E-state index contributed by atoms with van der Waals surface area (Å²) in [5.74, 6) is -0.542. The number of carbonyl (C=O) groups excluding carboxylic acids is 2. The second-order valence-electron chi connectivity index (χ2n) is 8.14. The Labute approximate surface area is 199 Å². The van der Waals surface area contributed by atoms with Gasteiger partial charge in [0, 0.05) is 30.2 Å². The molecule has 1 saturated heterocycles. The van der Waals surface area contributed by atoms with Crippen molar-refractivity contribution in [1.29, 1.82) is 0 Å². The van der Waals surface area contributed by atoms with E-state index in [1.54, 1.807) is 24.3 Å². The third-order valence-electron chi connectivity index (χ3n) is 5.38. The maximum absolute atomic E-state index is 13.6. The average Bonchev–Trinajstić information content (AvgIpc) is 3.00. The fraction of sp³-hybridized carbons (Fsp3) is 0.333. The monoisotopic (exact) mass is 489 g/mol. The summed E-state index contributed by atoms with van der Waals surface area (Å²) in [6.45, 7) is 6.48. The van der Waals surface area contributed by atoms with Crippen LogP contribution in [0.25, 0.3) is 0 Å². The minimum Gasteiger partial charge on any atom is -0.355 e. The van der Waals surface area contributed by atoms with Crippen LogP contribution in [0.5, 0.6) is 0 Å². The third-order valence-corrected chi connectivity index (χ3v) is 7.50. The molecule has 176 valence electrons. The maximum Gasteiger partial charge on any atom is 0.251 e. The normalized spacial score (nSPS) is 16.7. The summed E-state index contributed by atoms with van der Waals surface area (Å²) in [4.78, 5) is 25.1. The van der Waals surface area contributed by atoms with Gasteiger partial charge in [0.25, 0.3) is 5.91 Å². The van der Waals surface area contributed by atoms with Crippen LogP contribution in [0.2, 0.25) is 5.02 Å². The van der Waals surface area contributed by atoms with Gasteiger partial charge in [-0.3, -0.25) is 9.59 Å². The molecule has 0 aromatic heterocycles. The number of nitrogens with zero attached hydrogens (tertiary/aromatic N) is 1. The number of hydrogen-bond acceptors (Lipinski definition) is 4. The maximum atomic E-state index is 13.6. The second-order valence-corrected chi connectivity index (χ2v) is 10.5. The minimum atomic E-state index is -3.98. The quantitative estimate of drug-likeness (QED) is 0.555. The highest BCUT2D eigenvalue weighted by molar-refractivity contribution is 7.89. The van der Waals surface area contributed by atoms with Crippen LogP contribution >= 0.6 is 11.6 Å². The van der Waals surface area contributed by atoms with E-state index in [0.717, 1.165) is 18.4 Å². The van der Waals surface area contributed by atoms with Crippen LogP contribution in [0.4, 0.5) is 0 Å². The Balaban J connectivity index is 1.90. The first-order chi connectivity index (χ1) is 15.7. The van der Waals surface area contributed by atoms with E-state index in [-0.39, 0.29) is 23.3 Å². The average molecular weight is 490 g/mol. The zero-order valence-corrected chi connectivity index (χ0v) is 20.1. The van der Waals surface area contributed by atoms with E-state index < -0.39 is 16.1 Å². The van der Waals surface area contributed by atoms with Crippen LogP contribution in [-0.2, 0) is 21.4 Å². The van der Waals surface area contributed by atoms with E-state index >= 15 is 0 Å². The summed E-state index contributed by atoms with van der Waals surface area (Å²) in [5, 5.41) is 6.00. The molecule has 2 N–H and O–H groups in total. The van der Waals surface area contributed by atoms with Gasteiger partial charge in [0.05, 0.1) is 4.90 Å². The lowest BCUT2D eigenvalue weighted by Crippen LogP contribution is -2.48. The van der Waals surface area contributed by atoms with Gasteiger partial charge in [-0.2, -0.15) is 4.31 Å². The highest BCUT2D eigenvalue weighted by Gasteiger charge is 2.36. The highest BCUT2D eigenvalue weighted by atomic mass is 35.5. The molecule has 2 aromatic carbocycles. The van der Waals surface area contributed by atoms with Gasteiger partial charge in [0.2, 0.25) is 15.9 Å². The minimum absolute atomic E-state index is 0.00326. The Bertz CT molecular complexity index is 1120. The second kappa shape index (κ2) is 11.0. The van der Waals surface area contributed by atoms with Crippen molar-refractivity contribution in [3.63, 3.8) is 0 Å². The van der Waals surface area contributed by atoms with Crippen LogP contribution in [0.15, 0.2) is 65.6 Å². The number of halogens is 1. The molecule has 0 aliphatic carbocycles. The number of amides is 2. The third kappa shape index (κ3) is 6.43. The largest absolute Gasteiger partial charge is 0.355 e. The Morgan fingerprint density at radius 1 is 1.15 bits per heavy atom. The lowest BCUT2D eigenvalue weighted by molar-refractivity contribution is -0.124. The summed E-state index contributed by atoms with van der Waals surface area (Å²) < 4.78 is 28.4. The molecule has 1 heterocycles. The lowest BCUT2D eigenvalue weighted by Gasteiger charge is -2.29. The van der Waals surface area contributed by atoms with Crippen LogP contribution in [0.1, 0.15) is 42.1 Å². The number of hydrogen-bond donors (Lipinski definition) is 2. The van der Waals surface area contributed by atoms with Crippen LogP contribution in [-0.4, -0.2) is 43.7 Å². The summed E-state index contributed by atoms with van der Waals surface area (Å²) in [6.07, 6.45) is 1.96. The summed E-state index contributed by atoms with van der Waals surface area (Å²) in [7, 11) is -3.98. The van der Waals surface area contributed by atoms with Crippen molar-refractivity contribution in [3.05, 3.63) is 76.8 Å². The molecule has 3 rings (SSSR count). The lowest BCUT2D eigenvalue weighted by atomic mass is 10.1. The number of carbonyl (C=O) groups is 2. The van der Waals surface area contributed by atoms with E-state index in [1.807, 2.05) is 6.92 Å². The van der Waals surface area contributed by atoms with Gasteiger partial charge < -0.3 is 10.6 Å². The molecule has 0 radical (unpaired) electrons. The molecule has 7 nitrogen and oxygen atoms in total. The van der Waals surface area contributed by atoms with E-state index in [9.17, 15) is 18.0 Å². The van der Waals surface area contributed by atoms with Crippen LogP contribution < -0.4 is 10.6 Å². The smallest absolute Gasteiger partial charge is 0.251 e. The van der Waals surface area contributed by atoms with E-state index in [1.165, 1.54) is 28.6 Å². The van der Waals surface area contributed by atoms with E-state index in [4.69, 9.17) is 11.6 Å². The van der Waals surface area contributed by atoms with Crippen molar-refractivity contribution < 1.29 is 18.0 Å². The van der Waals surface area contributed by atoms with Gasteiger partial charge in [-0.15, -0.1) is 0 Å². The number of sulfonamides is 1. The Morgan fingerprint density at radius 2 is 1.82 bits per heavy atom. The molecule has 0 unspecified atom stereocenters. The van der Waals surface area contributed by atoms with Crippen molar-refractivity contribution in [1.82, 2.24) is 14.9 Å². The van der Waals surface area contributed by atoms with Crippen molar-refractivity contribution in [2.24, 2.45) is 0 Å². The molecular weight excluding hydrogens is 462 g/mol. The predicted molar refractivity (Wildman–Crippen MR) is 128 cm³/mol. The van der Waals surface area contributed by atoms with Crippen molar-refractivity contribution >= 4 is 33.4 Å². The molecule has 1 aliphatic rings. The molecule has 9 heteroatoms. The molecule has 33 heavy (non-hydrogen) atoms. The number of rotatable bonds is 8. The van der Waals surface area contributed by atoms with Gasteiger partial charge in [0.1, 0.15) is 6.04 Å². The zero-order valence-electron chi connectivity index (χ0n) is 18.5. The van der Waals surface area contributed by atoms with Crippen LogP contribution in [0, 0.1) is 0 Å². The SMILES string of the molecule is C=C(C)CNC(=O)c1ccc(CN([C@@H]2CCCCNC2=O)S(=O)(=O)c2ccc(Cl)cc2)cc1. The molecule has 0 saturated carbocycles. The zero-order chi connectivity index (χ0) is 24.0. The van der Waals surface area contributed by atoms with Crippen molar-refractivity contribution in [2.75, 3.05) is 13.1 Å². The Hall–Kier alpha value is -2.68. The fourth-order valence-electron chi connectivity index (χ4n) is 3.58. The number of benzene rings is 2. The first-order valence-electron chi connectivity index (χ1n) is 10.7. The van der Waals surface area contributed by atoms with E-state index in [0.29, 0.717) is 35.7 Å². The molecule has 1 atom stereocenters. The summed E-state index contributed by atoms with van der Waals surface area (Å²) in [5.41, 5.74) is 1.96. The van der Waals surface area contributed by atoms with Crippen LogP contribution in [0.3, 0.4) is 0 Å². The summed E-state index contributed by atoms with van der Waals surface area (Å²) in [6, 6.07) is 11.8. The standard InChI is InChI=1S/C24H28ClN3O4S/c1-17(2)15-27-23(29)19-8-6-18(7-9-19)16-28(22-5-3-4-14-26-24(22)30)33(31,32)21-12-10-20(25)11-13-21/h6-13,22H,1,3-5,14-16H2,2H3,(H,26,30)(H,27,29)/t22-/m1/s1. The van der Waals surface area contributed by atoms with Gasteiger partial charge in [-0.1, -0.05) is 35.9 Å². The molecule has 0 bridgehead atoms. The number of nitrogens with one attached hydrogen (secondary N) is 2. The molecular formula is C24H28ClN3O4S. The Morgan fingerprint density at radius 3 is 2.45 bits per heavy atom.